The Labute approximate surface area is 169 Å². The highest BCUT2D eigenvalue weighted by Crippen LogP contribution is 2.43. The smallest absolute Gasteiger partial charge is 0.429 e. The molecule has 1 rings (SSSR count). The number of aromatic carboxylic acids is 1. The second-order valence-electron chi connectivity index (χ2n) is 6.71. The summed E-state index contributed by atoms with van der Waals surface area (Å²) in [5, 5.41) is 20.2. The van der Waals surface area contributed by atoms with Gasteiger partial charge in [0, 0.05) is 11.6 Å². The van der Waals surface area contributed by atoms with Gasteiger partial charge in [0.25, 0.3) is 5.60 Å². The number of unbranched alkanes of at least 4 members (excludes halogenated alkanes) is 5. The summed E-state index contributed by atoms with van der Waals surface area (Å²) < 4.78 is 86.3. The van der Waals surface area contributed by atoms with Gasteiger partial charge in [0.15, 0.2) is 0 Å². The number of aliphatic hydroxyl groups is 1. The minimum atomic E-state index is -6.10. The summed E-state index contributed by atoms with van der Waals surface area (Å²) in [5.41, 5.74) is -5.97. The molecule has 1 aromatic carbocycles. The van der Waals surface area contributed by atoms with Crippen LogP contribution in [0.4, 0.5) is 26.3 Å². The summed E-state index contributed by atoms with van der Waals surface area (Å²) in [7, 11) is 0. The fraction of sp³-hybridized carbons (Fsp3) is 0.632. The first-order valence-electron chi connectivity index (χ1n) is 9.30. The van der Waals surface area contributed by atoms with Crippen LogP contribution in [0.1, 0.15) is 55.8 Å². The Bertz CT molecular complexity index is 673. The Morgan fingerprint density at radius 2 is 1.53 bits per heavy atom. The van der Waals surface area contributed by atoms with E-state index in [1.54, 1.807) is 0 Å². The summed E-state index contributed by atoms with van der Waals surface area (Å²) in [5.74, 6) is -2.73. The normalized spacial score (nSPS) is 12.7. The molecule has 1 aromatic rings. The maximum absolute atomic E-state index is 12.8. The van der Waals surface area contributed by atoms with Crippen LogP contribution in [0.3, 0.4) is 0 Å². The van der Waals surface area contributed by atoms with Crippen molar-refractivity contribution in [3.05, 3.63) is 23.8 Å². The molecule has 30 heavy (non-hydrogen) atoms. The molecule has 0 aliphatic carbocycles. The molecular formula is C19H23F6O5-. The summed E-state index contributed by atoms with van der Waals surface area (Å²) in [4.78, 5) is 11.1. The number of halogens is 6. The van der Waals surface area contributed by atoms with Gasteiger partial charge < -0.3 is 24.5 Å². The molecule has 0 unspecified atom stereocenters. The molecule has 0 amide bonds. The molecule has 0 saturated heterocycles. The Kier molecular flexibility index (Phi) is 9.26. The monoisotopic (exact) mass is 445 g/mol. The van der Waals surface area contributed by atoms with Crippen LogP contribution in [0.2, 0.25) is 0 Å². The van der Waals surface area contributed by atoms with E-state index in [2.05, 4.69) is 11.7 Å². The van der Waals surface area contributed by atoms with E-state index >= 15 is 0 Å². The van der Waals surface area contributed by atoms with E-state index in [9.17, 15) is 36.2 Å². The van der Waals surface area contributed by atoms with Gasteiger partial charge in [0.2, 0.25) is 0 Å². The van der Waals surface area contributed by atoms with Crippen molar-refractivity contribution in [3.8, 4) is 11.5 Å². The maximum Gasteiger partial charge on any atom is 0.429 e. The zero-order valence-corrected chi connectivity index (χ0v) is 16.2. The lowest BCUT2D eigenvalue weighted by molar-refractivity contribution is -0.373. The Balaban J connectivity index is 2.87. The summed E-state index contributed by atoms with van der Waals surface area (Å²) in [6.07, 6.45) is -6.43. The number of hydrogen-bond donors (Lipinski definition) is 1. The summed E-state index contributed by atoms with van der Waals surface area (Å²) in [6.45, 7) is -0.00420. The molecule has 5 nitrogen and oxygen atoms in total. The van der Waals surface area contributed by atoms with E-state index in [1.807, 2.05) is 0 Å². The molecule has 172 valence electrons. The lowest BCUT2D eigenvalue weighted by Crippen LogP contribution is -2.60. The third-order valence-electron chi connectivity index (χ3n) is 4.31. The molecular weight excluding hydrogens is 422 g/mol. The molecule has 0 aliphatic rings. The molecule has 0 bridgehead atoms. The van der Waals surface area contributed by atoms with Gasteiger partial charge in [-0.3, -0.25) is 0 Å². The molecule has 0 aliphatic heterocycles. The number of carboxylic acids is 1. The molecule has 1 N–H and O–H groups in total. The number of hydrogen-bond acceptors (Lipinski definition) is 5. The number of alkyl halides is 6. The standard InChI is InChI=1S/C19H24F6O5/c1-2-3-4-5-6-7-10-29-13-8-9-14(16(26)27)15(11-13)30-12-17(28,18(20,21)22)19(23,24)25/h8-9,11,28H,2-7,10,12H2,1H3,(H,26,27)/p-1. The molecule has 0 spiro atoms. The number of carbonyl (C=O) groups excluding carboxylic acids is 1. The van der Waals surface area contributed by atoms with Gasteiger partial charge in [-0.1, -0.05) is 39.0 Å². The minimum Gasteiger partial charge on any atom is -0.545 e. The van der Waals surface area contributed by atoms with Crippen molar-refractivity contribution < 1.29 is 50.8 Å². The third-order valence-corrected chi connectivity index (χ3v) is 4.31. The molecule has 0 heterocycles. The van der Waals surface area contributed by atoms with Gasteiger partial charge in [-0.15, -0.1) is 0 Å². The average molecular weight is 445 g/mol. The predicted octanol–water partition coefficient (Wildman–Crippen LogP) is 4.02. The Hall–Kier alpha value is -2.17. The summed E-state index contributed by atoms with van der Waals surface area (Å²) in [6, 6.07) is 2.89. The van der Waals surface area contributed by atoms with Crippen molar-refractivity contribution in [1.82, 2.24) is 0 Å². The van der Waals surface area contributed by atoms with Crippen molar-refractivity contribution in [1.29, 1.82) is 0 Å². The molecule has 0 radical (unpaired) electrons. The largest absolute Gasteiger partial charge is 0.545 e. The zero-order valence-electron chi connectivity index (χ0n) is 16.2. The maximum atomic E-state index is 12.8. The fourth-order valence-corrected chi connectivity index (χ4v) is 2.46. The van der Waals surface area contributed by atoms with Crippen LogP contribution >= 0.6 is 0 Å². The molecule has 0 saturated carbocycles. The van der Waals surface area contributed by atoms with Gasteiger partial charge >= 0.3 is 12.4 Å². The van der Waals surface area contributed by atoms with E-state index in [4.69, 9.17) is 9.84 Å². The fourth-order valence-electron chi connectivity index (χ4n) is 2.46. The van der Waals surface area contributed by atoms with Crippen molar-refractivity contribution in [2.24, 2.45) is 0 Å². The quantitative estimate of drug-likeness (QED) is 0.388. The van der Waals surface area contributed by atoms with E-state index < -0.39 is 41.8 Å². The summed E-state index contributed by atoms with van der Waals surface area (Å²) >= 11 is 0. The molecule has 0 fully saturated rings. The van der Waals surface area contributed by atoms with Crippen molar-refractivity contribution in [2.45, 2.75) is 63.4 Å². The lowest BCUT2D eigenvalue weighted by atomic mass is 10.0. The van der Waals surface area contributed by atoms with Gasteiger partial charge in [0.1, 0.15) is 18.1 Å². The first-order chi connectivity index (χ1) is 13.8. The van der Waals surface area contributed by atoms with E-state index in [-0.39, 0.29) is 12.4 Å². The second kappa shape index (κ2) is 10.7. The number of ether oxygens (including phenoxy) is 2. The van der Waals surface area contributed by atoms with Gasteiger partial charge in [0.05, 0.1) is 12.6 Å². The predicted molar refractivity (Wildman–Crippen MR) is 92.2 cm³/mol. The van der Waals surface area contributed by atoms with Crippen LogP contribution in [0.25, 0.3) is 0 Å². The Morgan fingerprint density at radius 3 is 2.07 bits per heavy atom. The highest BCUT2D eigenvalue weighted by Gasteiger charge is 2.71. The topological polar surface area (TPSA) is 78.8 Å². The number of rotatable bonds is 12. The lowest BCUT2D eigenvalue weighted by Gasteiger charge is -2.32. The number of carbonyl (C=O) groups is 1. The first-order valence-corrected chi connectivity index (χ1v) is 9.30. The number of carboxylic acid groups (broad SMARTS) is 1. The second-order valence-corrected chi connectivity index (χ2v) is 6.71. The highest BCUT2D eigenvalue weighted by atomic mass is 19.4. The van der Waals surface area contributed by atoms with Crippen molar-refractivity contribution in [2.75, 3.05) is 13.2 Å². The third kappa shape index (κ3) is 6.96. The average Bonchev–Trinajstić information content (AvgIpc) is 2.63. The zero-order chi connectivity index (χ0) is 23.0. The van der Waals surface area contributed by atoms with Crippen molar-refractivity contribution >= 4 is 5.97 Å². The van der Waals surface area contributed by atoms with E-state index in [0.29, 0.717) is 6.42 Å². The van der Waals surface area contributed by atoms with Crippen LogP contribution in [0.5, 0.6) is 11.5 Å². The number of benzene rings is 1. The van der Waals surface area contributed by atoms with Gasteiger partial charge in [-0.25, -0.2) is 0 Å². The van der Waals surface area contributed by atoms with Crippen LogP contribution in [0, 0.1) is 0 Å². The molecule has 11 heteroatoms. The van der Waals surface area contributed by atoms with Crippen LogP contribution in [-0.2, 0) is 0 Å². The first kappa shape index (κ1) is 25.9. The molecule has 0 aromatic heterocycles. The van der Waals surface area contributed by atoms with Gasteiger partial charge in [-0.05, 0) is 18.6 Å². The minimum absolute atomic E-state index is 0.00823. The van der Waals surface area contributed by atoms with Crippen molar-refractivity contribution in [3.63, 3.8) is 0 Å². The van der Waals surface area contributed by atoms with E-state index in [1.165, 1.54) is 6.07 Å². The van der Waals surface area contributed by atoms with Crippen LogP contribution in [0.15, 0.2) is 18.2 Å². The van der Waals surface area contributed by atoms with Crippen LogP contribution < -0.4 is 14.6 Å². The molecule has 0 atom stereocenters. The van der Waals surface area contributed by atoms with E-state index in [0.717, 1.165) is 44.2 Å². The Morgan fingerprint density at radius 1 is 0.967 bits per heavy atom. The van der Waals surface area contributed by atoms with Gasteiger partial charge in [-0.2, -0.15) is 26.3 Å². The highest BCUT2D eigenvalue weighted by molar-refractivity contribution is 5.89. The van der Waals surface area contributed by atoms with Crippen LogP contribution in [-0.4, -0.2) is 42.2 Å². The SMILES string of the molecule is CCCCCCCCOc1ccc(C(=O)[O-])c(OCC(O)(C(F)(F)F)C(F)(F)F)c1.